The number of aromatic nitrogens is 2. The highest BCUT2D eigenvalue weighted by molar-refractivity contribution is 6.33. The van der Waals surface area contributed by atoms with Crippen molar-refractivity contribution in [2.75, 3.05) is 26.2 Å². The zero-order valence-electron chi connectivity index (χ0n) is 14.4. The van der Waals surface area contributed by atoms with Crippen LogP contribution in [0.15, 0.2) is 24.3 Å². The van der Waals surface area contributed by atoms with E-state index in [2.05, 4.69) is 15.3 Å². The Morgan fingerprint density at radius 2 is 1.96 bits per heavy atom. The number of likely N-dealkylation sites (tertiary alicyclic amines) is 1. The van der Waals surface area contributed by atoms with Gasteiger partial charge in [-0.15, -0.1) is 0 Å². The fourth-order valence-electron chi connectivity index (χ4n) is 3.21. The largest absolute Gasteiger partial charge is 0.390 e. The molecule has 136 valence electrons. The van der Waals surface area contributed by atoms with E-state index in [-0.39, 0.29) is 6.10 Å². The van der Waals surface area contributed by atoms with E-state index in [9.17, 15) is 5.11 Å². The second-order valence-corrected chi connectivity index (χ2v) is 7.28. The molecular weight excluding hydrogens is 359 g/mol. The summed E-state index contributed by atoms with van der Waals surface area (Å²) in [6.07, 6.45) is 2.09. The minimum atomic E-state index is -0.379. The molecule has 0 unspecified atom stereocenters. The third-order valence-corrected chi connectivity index (χ3v) is 5.26. The Labute approximate surface area is 158 Å². The molecule has 25 heavy (non-hydrogen) atoms. The first-order valence-electron chi connectivity index (χ1n) is 8.66. The Morgan fingerprint density at radius 3 is 2.68 bits per heavy atom. The summed E-state index contributed by atoms with van der Waals surface area (Å²) in [5.41, 5.74) is 2.54. The third kappa shape index (κ3) is 4.54. The minimum Gasteiger partial charge on any atom is -0.390 e. The number of hydrogen-bond donors (Lipinski definition) is 2. The van der Waals surface area contributed by atoms with Crippen LogP contribution in [0.2, 0.25) is 10.2 Å². The van der Waals surface area contributed by atoms with E-state index in [1.165, 1.54) is 12.8 Å². The zero-order chi connectivity index (χ0) is 17.8. The molecule has 5 nitrogen and oxygen atoms in total. The lowest BCUT2D eigenvalue weighted by Crippen LogP contribution is -2.36. The maximum absolute atomic E-state index is 10.2. The SMILES string of the molecule is Cc1nn(-c2ccccc2Cl)c(Cl)c1CNC[C@H](O)CN1CCCC1. The molecule has 1 aliphatic heterocycles. The van der Waals surface area contributed by atoms with Crippen molar-refractivity contribution in [2.24, 2.45) is 0 Å². The van der Waals surface area contributed by atoms with Crippen molar-refractivity contribution < 1.29 is 5.11 Å². The van der Waals surface area contributed by atoms with Gasteiger partial charge >= 0.3 is 0 Å². The number of rotatable bonds is 7. The van der Waals surface area contributed by atoms with E-state index in [1.54, 1.807) is 4.68 Å². The molecule has 0 amide bonds. The number of aliphatic hydroxyl groups excluding tert-OH is 1. The van der Waals surface area contributed by atoms with Crippen molar-refractivity contribution in [3.63, 3.8) is 0 Å². The molecule has 1 aromatic carbocycles. The molecule has 0 aliphatic carbocycles. The van der Waals surface area contributed by atoms with E-state index in [1.807, 2.05) is 31.2 Å². The van der Waals surface area contributed by atoms with Gasteiger partial charge in [-0.1, -0.05) is 35.3 Å². The van der Waals surface area contributed by atoms with Crippen molar-refractivity contribution in [1.82, 2.24) is 20.0 Å². The monoisotopic (exact) mass is 382 g/mol. The number of benzene rings is 1. The highest BCUT2D eigenvalue weighted by atomic mass is 35.5. The fourth-order valence-corrected chi connectivity index (χ4v) is 3.76. The van der Waals surface area contributed by atoms with Gasteiger partial charge in [0.1, 0.15) is 5.15 Å². The Hall–Kier alpha value is -1.11. The first kappa shape index (κ1) is 18.7. The van der Waals surface area contributed by atoms with E-state index < -0.39 is 0 Å². The van der Waals surface area contributed by atoms with Gasteiger partial charge in [0.2, 0.25) is 0 Å². The third-order valence-electron chi connectivity index (χ3n) is 4.55. The predicted octanol–water partition coefficient (Wildman–Crippen LogP) is 3.03. The lowest BCUT2D eigenvalue weighted by atomic mass is 10.2. The molecule has 1 fully saturated rings. The van der Waals surface area contributed by atoms with Crippen LogP contribution in [0.3, 0.4) is 0 Å². The van der Waals surface area contributed by atoms with E-state index >= 15 is 0 Å². The zero-order valence-corrected chi connectivity index (χ0v) is 15.9. The summed E-state index contributed by atoms with van der Waals surface area (Å²) in [5.74, 6) is 0. The van der Waals surface area contributed by atoms with Crippen LogP contribution >= 0.6 is 23.2 Å². The molecule has 2 N–H and O–H groups in total. The van der Waals surface area contributed by atoms with Crippen LogP contribution in [-0.2, 0) is 6.54 Å². The summed E-state index contributed by atoms with van der Waals surface area (Å²) < 4.78 is 1.66. The number of nitrogens with zero attached hydrogens (tertiary/aromatic N) is 3. The Morgan fingerprint density at radius 1 is 1.24 bits per heavy atom. The molecule has 0 radical (unpaired) electrons. The van der Waals surface area contributed by atoms with Crippen LogP contribution in [0.1, 0.15) is 24.1 Å². The predicted molar refractivity (Wildman–Crippen MR) is 102 cm³/mol. The average Bonchev–Trinajstić information content (AvgIpc) is 3.18. The van der Waals surface area contributed by atoms with Gasteiger partial charge in [0.25, 0.3) is 0 Å². The van der Waals surface area contributed by atoms with Crippen LogP contribution in [0, 0.1) is 6.92 Å². The van der Waals surface area contributed by atoms with Crippen LogP contribution < -0.4 is 5.32 Å². The number of aryl methyl sites for hydroxylation is 1. The van der Waals surface area contributed by atoms with Gasteiger partial charge in [-0.2, -0.15) is 5.10 Å². The van der Waals surface area contributed by atoms with Crippen molar-refractivity contribution in [2.45, 2.75) is 32.4 Å². The molecule has 1 aliphatic rings. The van der Waals surface area contributed by atoms with Crippen molar-refractivity contribution in [1.29, 1.82) is 0 Å². The Kier molecular flexibility index (Phi) is 6.36. The van der Waals surface area contributed by atoms with Crippen molar-refractivity contribution in [3.8, 4) is 5.69 Å². The van der Waals surface area contributed by atoms with Crippen molar-refractivity contribution in [3.05, 3.63) is 45.7 Å². The Balaban J connectivity index is 1.60. The van der Waals surface area contributed by atoms with Gasteiger partial charge in [-0.3, -0.25) is 0 Å². The first-order valence-corrected chi connectivity index (χ1v) is 9.42. The van der Waals surface area contributed by atoms with Gasteiger partial charge in [0.05, 0.1) is 22.5 Å². The summed E-state index contributed by atoms with van der Waals surface area (Å²) in [7, 11) is 0. The Bertz CT molecular complexity index is 713. The lowest BCUT2D eigenvalue weighted by Gasteiger charge is -2.19. The topological polar surface area (TPSA) is 53.3 Å². The summed E-state index contributed by atoms with van der Waals surface area (Å²) in [5, 5.41) is 19.1. The molecule has 0 bridgehead atoms. The molecule has 1 saturated heterocycles. The number of aliphatic hydroxyl groups is 1. The van der Waals surface area contributed by atoms with E-state index in [0.29, 0.717) is 23.3 Å². The van der Waals surface area contributed by atoms with Crippen LogP contribution in [0.25, 0.3) is 5.69 Å². The van der Waals surface area contributed by atoms with Crippen LogP contribution in [0.5, 0.6) is 0 Å². The molecule has 1 atom stereocenters. The average molecular weight is 383 g/mol. The molecule has 0 spiro atoms. The number of halogens is 2. The number of β-amino-alcohol motifs (C(OH)–C–C–N with tert-alkyl or cyclic N) is 1. The molecular formula is C18H24Cl2N4O. The molecule has 0 saturated carbocycles. The fraction of sp³-hybridized carbons (Fsp3) is 0.500. The second kappa shape index (κ2) is 8.52. The lowest BCUT2D eigenvalue weighted by molar-refractivity contribution is 0.123. The number of nitrogens with one attached hydrogen (secondary N) is 1. The summed E-state index contributed by atoms with van der Waals surface area (Å²) in [6.45, 7) is 5.92. The van der Waals surface area contributed by atoms with Crippen molar-refractivity contribution >= 4 is 23.2 Å². The minimum absolute atomic E-state index is 0.379. The van der Waals surface area contributed by atoms with E-state index in [0.717, 1.165) is 36.6 Å². The van der Waals surface area contributed by atoms with Crippen LogP contribution in [-0.4, -0.2) is 52.1 Å². The summed E-state index contributed by atoms with van der Waals surface area (Å²) in [6, 6.07) is 7.48. The normalized spacial score (nSPS) is 16.5. The van der Waals surface area contributed by atoms with Gasteiger partial charge in [0, 0.05) is 25.2 Å². The van der Waals surface area contributed by atoms with Gasteiger partial charge < -0.3 is 15.3 Å². The highest BCUT2D eigenvalue weighted by Gasteiger charge is 2.18. The maximum atomic E-state index is 10.2. The molecule has 1 aromatic heterocycles. The quantitative estimate of drug-likeness (QED) is 0.772. The summed E-state index contributed by atoms with van der Waals surface area (Å²) >= 11 is 12.8. The second-order valence-electron chi connectivity index (χ2n) is 6.51. The number of hydrogen-bond acceptors (Lipinski definition) is 4. The van der Waals surface area contributed by atoms with Crippen LogP contribution in [0.4, 0.5) is 0 Å². The maximum Gasteiger partial charge on any atom is 0.137 e. The molecule has 2 aromatic rings. The van der Waals surface area contributed by atoms with E-state index in [4.69, 9.17) is 23.2 Å². The molecule has 2 heterocycles. The first-order chi connectivity index (χ1) is 12.1. The number of para-hydroxylation sites is 1. The van der Waals surface area contributed by atoms with Gasteiger partial charge in [0.15, 0.2) is 0 Å². The highest BCUT2D eigenvalue weighted by Crippen LogP contribution is 2.27. The van der Waals surface area contributed by atoms with Gasteiger partial charge in [-0.05, 0) is 45.0 Å². The van der Waals surface area contributed by atoms with Gasteiger partial charge in [-0.25, -0.2) is 4.68 Å². The smallest absolute Gasteiger partial charge is 0.137 e. The summed E-state index contributed by atoms with van der Waals surface area (Å²) in [4.78, 5) is 2.31. The molecule has 7 heteroatoms. The molecule has 3 rings (SSSR count). The standard InChI is InChI=1S/C18H24Cl2N4O/c1-13-15(11-21-10-14(25)12-23-8-4-5-9-23)18(20)24(22-13)17-7-3-2-6-16(17)19/h2-3,6-7,14,21,25H,4-5,8-12H2,1H3/t14-/m0/s1.